The first kappa shape index (κ1) is 21.4. The summed E-state index contributed by atoms with van der Waals surface area (Å²) in [6.07, 6.45) is 1.42. The number of pyridine rings is 1. The van der Waals surface area contributed by atoms with Crippen molar-refractivity contribution in [2.75, 3.05) is 17.2 Å². The van der Waals surface area contributed by atoms with E-state index in [9.17, 15) is 14.9 Å². The van der Waals surface area contributed by atoms with E-state index in [0.717, 1.165) is 0 Å². The molecule has 0 saturated heterocycles. The van der Waals surface area contributed by atoms with Crippen LogP contribution >= 0.6 is 23.2 Å². The van der Waals surface area contributed by atoms with Crippen LogP contribution in [0.15, 0.2) is 54.7 Å². The molecule has 2 N–H and O–H groups in total. The largest absolute Gasteiger partial charge is 0.435 e. The molecule has 0 spiro atoms. The number of carbonyl (C=O) groups excluding carboxylic acids is 1. The fourth-order valence-corrected chi connectivity index (χ4v) is 2.97. The Morgan fingerprint density at radius 3 is 2.63 bits per heavy atom. The lowest BCUT2D eigenvalue weighted by molar-refractivity contribution is -0.384. The molecule has 1 amide bonds. The Labute approximate surface area is 181 Å². The van der Waals surface area contributed by atoms with Crippen LogP contribution in [0.2, 0.25) is 10.0 Å². The van der Waals surface area contributed by atoms with Gasteiger partial charge in [-0.1, -0.05) is 35.3 Å². The van der Waals surface area contributed by atoms with Gasteiger partial charge in [0.15, 0.2) is 5.75 Å². The average molecular weight is 447 g/mol. The normalized spacial score (nSPS) is 10.4. The molecule has 10 heteroatoms. The number of aromatic nitrogens is 1. The zero-order chi connectivity index (χ0) is 21.7. The van der Waals surface area contributed by atoms with Gasteiger partial charge in [0.05, 0.1) is 22.2 Å². The van der Waals surface area contributed by atoms with E-state index in [4.69, 9.17) is 27.9 Å². The second-order valence-corrected chi connectivity index (χ2v) is 7.04. The number of benzene rings is 2. The van der Waals surface area contributed by atoms with Crippen LogP contribution in [0.4, 0.5) is 17.1 Å². The van der Waals surface area contributed by atoms with Crippen molar-refractivity contribution in [3.05, 3.63) is 80.5 Å². The Balaban J connectivity index is 1.66. The number of hydrogen-bond donors (Lipinski definition) is 2. The molecule has 0 aliphatic rings. The summed E-state index contributed by atoms with van der Waals surface area (Å²) in [6, 6.07) is 12.7. The number of nitrogens with one attached hydrogen (secondary N) is 2. The lowest BCUT2D eigenvalue weighted by atomic mass is 10.2. The Bertz CT molecular complexity index is 1110. The summed E-state index contributed by atoms with van der Waals surface area (Å²) < 4.78 is 5.74. The van der Waals surface area contributed by atoms with Crippen molar-refractivity contribution in [3.8, 4) is 11.6 Å². The van der Waals surface area contributed by atoms with E-state index in [2.05, 4.69) is 15.6 Å². The minimum Gasteiger partial charge on any atom is -0.435 e. The molecule has 0 fully saturated rings. The minimum atomic E-state index is -0.487. The number of anilines is 2. The number of hydrogen-bond acceptors (Lipinski definition) is 6. The predicted octanol–water partition coefficient (Wildman–Crippen LogP) is 5.45. The fraction of sp³-hybridized carbons (Fsp3) is 0.100. The van der Waals surface area contributed by atoms with E-state index < -0.39 is 4.92 Å². The van der Waals surface area contributed by atoms with Gasteiger partial charge >= 0.3 is 0 Å². The Morgan fingerprint density at radius 1 is 1.17 bits per heavy atom. The van der Waals surface area contributed by atoms with E-state index in [-0.39, 0.29) is 29.0 Å². The molecular formula is C20H16Cl2N4O4. The van der Waals surface area contributed by atoms with Crippen LogP contribution in [0.1, 0.15) is 5.56 Å². The first-order chi connectivity index (χ1) is 14.3. The van der Waals surface area contributed by atoms with Crippen LogP contribution in [0.5, 0.6) is 11.6 Å². The van der Waals surface area contributed by atoms with Crippen LogP contribution in [0, 0.1) is 17.0 Å². The van der Waals surface area contributed by atoms with Crippen LogP contribution in [-0.2, 0) is 4.79 Å². The van der Waals surface area contributed by atoms with Crippen LogP contribution in [-0.4, -0.2) is 22.4 Å². The van der Waals surface area contributed by atoms with Gasteiger partial charge in [0.1, 0.15) is 5.02 Å². The lowest BCUT2D eigenvalue weighted by Gasteiger charge is -2.13. The molecule has 1 aromatic heterocycles. The van der Waals surface area contributed by atoms with Crippen molar-refractivity contribution in [2.45, 2.75) is 6.92 Å². The smallest absolute Gasteiger partial charge is 0.269 e. The van der Waals surface area contributed by atoms with Crippen molar-refractivity contribution in [3.63, 3.8) is 0 Å². The number of rotatable bonds is 7. The fourth-order valence-electron chi connectivity index (χ4n) is 2.55. The molecule has 2 aromatic carbocycles. The second-order valence-electron chi connectivity index (χ2n) is 6.20. The summed E-state index contributed by atoms with van der Waals surface area (Å²) in [6.45, 7) is 1.63. The zero-order valence-electron chi connectivity index (χ0n) is 15.7. The first-order valence-corrected chi connectivity index (χ1v) is 9.46. The third-order valence-electron chi connectivity index (χ3n) is 4.00. The number of ether oxygens (including phenoxy) is 1. The van der Waals surface area contributed by atoms with Gasteiger partial charge in [-0.05, 0) is 36.8 Å². The van der Waals surface area contributed by atoms with Gasteiger partial charge in [-0.3, -0.25) is 14.9 Å². The second kappa shape index (κ2) is 9.43. The number of para-hydroxylation sites is 2. The summed E-state index contributed by atoms with van der Waals surface area (Å²) in [5.41, 5.74) is 1.60. The molecule has 0 atom stereocenters. The summed E-state index contributed by atoms with van der Waals surface area (Å²) in [5, 5.41) is 17.2. The molecule has 30 heavy (non-hydrogen) atoms. The minimum absolute atomic E-state index is 0.0378. The maximum absolute atomic E-state index is 12.3. The SMILES string of the molecule is Cc1cc([N+](=O)[O-])ccc1NC(=O)CNc1ccccc1Oc1ncc(Cl)cc1Cl. The van der Waals surface area contributed by atoms with Crippen molar-refractivity contribution in [1.82, 2.24) is 4.98 Å². The van der Waals surface area contributed by atoms with Crippen molar-refractivity contribution < 1.29 is 14.5 Å². The first-order valence-electron chi connectivity index (χ1n) is 8.70. The number of nitro benzene ring substituents is 1. The van der Waals surface area contributed by atoms with Gasteiger partial charge in [-0.2, -0.15) is 0 Å². The Morgan fingerprint density at radius 2 is 1.93 bits per heavy atom. The molecule has 0 saturated carbocycles. The van der Waals surface area contributed by atoms with E-state index in [0.29, 0.717) is 27.7 Å². The highest BCUT2D eigenvalue weighted by Gasteiger charge is 2.12. The number of amides is 1. The molecule has 0 unspecified atom stereocenters. The summed E-state index contributed by atoms with van der Waals surface area (Å²) in [5.74, 6) is 0.277. The highest BCUT2D eigenvalue weighted by Crippen LogP contribution is 2.33. The van der Waals surface area contributed by atoms with E-state index in [1.54, 1.807) is 31.2 Å². The number of non-ortho nitro benzene ring substituents is 1. The van der Waals surface area contributed by atoms with Gasteiger partial charge in [0.25, 0.3) is 5.69 Å². The van der Waals surface area contributed by atoms with E-state index >= 15 is 0 Å². The van der Waals surface area contributed by atoms with Crippen molar-refractivity contribution >= 4 is 46.2 Å². The maximum atomic E-state index is 12.3. The molecular weight excluding hydrogens is 431 g/mol. The van der Waals surface area contributed by atoms with Crippen molar-refractivity contribution in [2.24, 2.45) is 0 Å². The van der Waals surface area contributed by atoms with Gasteiger partial charge in [0, 0.05) is 24.0 Å². The molecule has 0 aliphatic carbocycles. The van der Waals surface area contributed by atoms with Gasteiger partial charge in [0.2, 0.25) is 11.8 Å². The van der Waals surface area contributed by atoms with Gasteiger partial charge in [-0.15, -0.1) is 0 Å². The monoisotopic (exact) mass is 446 g/mol. The summed E-state index contributed by atoms with van der Waals surface area (Å²) in [7, 11) is 0. The number of aryl methyl sites for hydroxylation is 1. The highest BCUT2D eigenvalue weighted by atomic mass is 35.5. The molecule has 8 nitrogen and oxygen atoms in total. The standard InChI is InChI=1S/C20H16Cl2N4O4/c1-12-8-14(26(28)29)6-7-16(12)25-19(27)11-23-17-4-2-3-5-18(17)30-20-15(22)9-13(21)10-24-20/h2-10,23H,11H2,1H3,(H,25,27). The van der Waals surface area contributed by atoms with E-state index in [1.807, 2.05) is 0 Å². The number of halogens is 2. The summed E-state index contributed by atoms with van der Waals surface area (Å²) in [4.78, 5) is 26.7. The highest BCUT2D eigenvalue weighted by molar-refractivity contribution is 6.35. The number of carbonyl (C=O) groups is 1. The molecule has 0 radical (unpaired) electrons. The van der Waals surface area contributed by atoms with Gasteiger partial charge in [-0.25, -0.2) is 4.98 Å². The third kappa shape index (κ3) is 5.37. The van der Waals surface area contributed by atoms with Crippen molar-refractivity contribution in [1.29, 1.82) is 0 Å². The summed E-state index contributed by atoms with van der Waals surface area (Å²) >= 11 is 11.9. The quantitative estimate of drug-likeness (QED) is 0.369. The van der Waals surface area contributed by atoms with Crippen LogP contribution in [0.25, 0.3) is 0 Å². The molecule has 3 rings (SSSR count). The van der Waals surface area contributed by atoms with Crippen LogP contribution in [0.3, 0.4) is 0 Å². The number of nitro groups is 1. The molecule has 3 aromatic rings. The zero-order valence-corrected chi connectivity index (χ0v) is 17.2. The molecule has 0 bridgehead atoms. The van der Waals surface area contributed by atoms with E-state index in [1.165, 1.54) is 30.5 Å². The van der Waals surface area contributed by atoms with Crippen LogP contribution < -0.4 is 15.4 Å². The topological polar surface area (TPSA) is 106 Å². The number of nitrogens with zero attached hydrogens (tertiary/aromatic N) is 2. The lowest BCUT2D eigenvalue weighted by Crippen LogP contribution is -2.22. The average Bonchev–Trinajstić information content (AvgIpc) is 2.70. The molecule has 0 aliphatic heterocycles. The molecule has 1 heterocycles. The van der Waals surface area contributed by atoms with Gasteiger partial charge < -0.3 is 15.4 Å². The third-order valence-corrected chi connectivity index (χ3v) is 4.48. The predicted molar refractivity (Wildman–Crippen MR) is 116 cm³/mol. The molecule has 154 valence electrons. The maximum Gasteiger partial charge on any atom is 0.269 e. The Hall–Kier alpha value is -3.36. The Kier molecular flexibility index (Phi) is 6.71.